The molecular formula is C17H22N4O. The molecular weight excluding hydrogens is 276 g/mol. The summed E-state index contributed by atoms with van der Waals surface area (Å²) in [6, 6.07) is 8.11. The van der Waals surface area contributed by atoms with E-state index in [2.05, 4.69) is 39.2 Å². The lowest BCUT2D eigenvalue weighted by molar-refractivity contribution is -0.115. The fourth-order valence-electron chi connectivity index (χ4n) is 2.78. The van der Waals surface area contributed by atoms with Gasteiger partial charge in [-0.25, -0.2) is 4.98 Å². The van der Waals surface area contributed by atoms with Gasteiger partial charge < -0.3 is 15.2 Å². The van der Waals surface area contributed by atoms with Crippen LogP contribution in [0.4, 0.5) is 11.4 Å². The Kier molecular flexibility index (Phi) is 4.42. The predicted octanol–water partition coefficient (Wildman–Crippen LogP) is 2.83. The minimum Gasteiger partial charge on any atom is -0.372 e. The molecule has 2 aromatic rings. The van der Waals surface area contributed by atoms with Crippen LogP contribution in [-0.4, -0.2) is 29.0 Å². The summed E-state index contributed by atoms with van der Waals surface area (Å²) in [6.07, 6.45) is 6.06. The fraction of sp³-hybridized carbons (Fsp3) is 0.412. The van der Waals surface area contributed by atoms with Crippen LogP contribution in [0.5, 0.6) is 0 Å². The van der Waals surface area contributed by atoms with E-state index in [4.69, 9.17) is 0 Å². The number of aromatic nitrogens is 2. The monoisotopic (exact) mass is 298 g/mol. The first-order valence-corrected chi connectivity index (χ1v) is 7.83. The lowest BCUT2D eigenvalue weighted by Gasteiger charge is -2.32. The van der Waals surface area contributed by atoms with Gasteiger partial charge in [0.1, 0.15) is 0 Å². The molecule has 22 heavy (non-hydrogen) atoms. The summed E-state index contributed by atoms with van der Waals surface area (Å²) in [6.45, 7) is 4.55. The Morgan fingerprint density at radius 1 is 1.32 bits per heavy atom. The van der Waals surface area contributed by atoms with E-state index in [0.717, 1.165) is 30.4 Å². The number of carbonyl (C=O) groups is 1. The smallest absolute Gasteiger partial charge is 0.230 e. The number of aromatic amines is 1. The summed E-state index contributed by atoms with van der Waals surface area (Å²) in [5.74, 6) is 0.793. The third kappa shape index (κ3) is 3.67. The Balaban J connectivity index is 1.56. The summed E-state index contributed by atoms with van der Waals surface area (Å²) in [4.78, 5) is 21.2. The van der Waals surface area contributed by atoms with Crippen LogP contribution in [0.25, 0.3) is 0 Å². The normalized spacial score (nSPS) is 15.8. The number of carbonyl (C=O) groups excluding carboxylic acids is 1. The van der Waals surface area contributed by atoms with Gasteiger partial charge in [-0.15, -0.1) is 0 Å². The summed E-state index contributed by atoms with van der Waals surface area (Å²) in [5, 5.41) is 2.91. The van der Waals surface area contributed by atoms with Crippen LogP contribution in [0.2, 0.25) is 0 Å². The van der Waals surface area contributed by atoms with Gasteiger partial charge in [0.05, 0.1) is 12.7 Å². The zero-order valence-electron chi connectivity index (χ0n) is 12.9. The van der Waals surface area contributed by atoms with Crippen LogP contribution in [0.3, 0.4) is 0 Å². The molecule has 0 unspecified atom stereocenters. The maximum absolute atomic E-state index is 11.9. The van der Waals surface area contributed by atoms with Crippen LogP contribution in [0.15, 0.2) is 36.8 Å². The summed E-state index contributed by atoms with van der Waals surface area (Å²) < 4.78 is 0. The number of nitrogens with zero attached hydrogens (tertiary/aromatic N) is 2. The molecule has 1 aliphatic heterocycles. The van der Waals surface area contributed by atoms with Crippen molar-refractivity contribution in [3.63, 3.8) is 0 Å². The highest BCUT2D eigenvalue weighted by Crippen LogP contribution is 2.24. The number of rotatable bonds is 4. The maximum Gasteiger partial charge on any atom is 0.230 e. The molecule has 1 aromatic heterocycles. The minimum atomic E-state index is -0.0382. The first-order valence-electron chi connectivity index (χ1n) is 7.83. The molecule has 0 aliphatic carbocycles. The van der Waals surface area contributed by atoms with E-state index in [1.807, 2.05) is 12.1 Å². The quantitative estimate of drug-likeness (QED) is 0.912. The topological polar surface area (TPSA) is 61.0 Å². The fourth-order valence-corrected chi connectivity index (χ4v) is 2.78. The van der Waals surface area contributed by atoms with Gasteiger partial charge in [0.25, 0.3) is 0 Å². The SMILES string of the molecule is CC1CCN(c2ccc(NC(=O)Cc3cnc[nH]3)cc2)CC1. The Hall–Kier alpha value is -2.30. The van der Waals surface area contributed by atoms with E-state index < -0.39 is 0 Å². The third-order valence-corrected chi connectivity index (χ3v) is 4.21. The lowest BCUT2D eigenvalue weighted by Crippen LogP contribution is -2.32. The Bertz CT molecular complexity index is 598. The van der Waals surface area contributed by atoms with Crippen molar-refractivity contribution in [2.45, 2.75) is 26.2 Å². The van der Waals surface area contributed by atoms with Crippen molar-refractivity contribution in [3.8, 4) is 0 Å². The number of hydrogen-bond donors (Lipinski definition) is 2. The maximum atomic E-state index is 11.9. The van der Waals surface area contributed by atoms with Crippen LogP contribution in [-0.2, 0) is 11.2 Å². The average Bonchev–Trinajstić information content (AvgIpc) is 3.02. The van der Waals surface area contributed by atoms with Crippen molar-refractivity contribution in [1.29, 1.82) is 0 Å². The number of H-pyrrole nitrogens is 1. The molecule has 0 spiro atoms. The molecule has 1 amide bonds. The Labute approximate surface area is 130 Å². The largest absolute Gasteiger partial charge is 0.372 e. The molecule has 2 heterocycles. The van der Waals surface area contributed by atoms with Crippen molar-refractivity contribution in [3.05, 3.63) is 42.5 Å². The van der Waals surface area contributed by atoms with Gasteiger partial charge in [-0.1, -0.05) is 6.92 Å². The van der Waals surface area contributed by atoms with Gasteiger partial charge in [0.2, 0.25) is 5.91 Å². The first kappa shape index (κ1) is 14.6. The van der Waals surface area contributed by atoms with Crippen LogP contribution < -0.4 is 10.2 Å². The van der Waals surface area contributed by atoms with E-state index >= 15 is 0 Å². The molecule has 1 aliphatic rings. The van der Waals surface area contributed by atoms with Gasteiger partial charge in [-0.2, -0.15) is 0 Å². The van der Waals surface area contributed by atoms with Gasteiger partial charge in [0.15, 0.2) is 0 Å². The highest BCUT2D eigenvalue weighted by Gasteiger charge is 2.15. The minimum absolute atomic E-state index is 0.0382. The number of anilines is 2. The summed E-state index contributed by atoms with van der Waals surface area (Å²) in [7, 11) is 0. The van der Waals surface area contributed by atoms with Crippen LogP contribution in [0.1, 0.15) is 25.5 Å². The Morgan fingerprint density at radius 3 is 2.68 bits per heavy atom. The lowest BCUT2D eigenvalue weighted by atomic mass is 9.99. The van der Waals surface area contributed by atoms with Crippen LogP contribution in [0, 0.1) is 5.92 Å². The van der Waals surface area contributed by atoms with Crippen molar-refractivity contribution < 1.29 is 4.79 Å². The van der Waals surface area contributed by atoms with E-state index in [-0.39, 0.29) is 5.91 Å². The van der Waals surface area contributed by atoms with E-state index in [1.54, 1.807) is 12.5 Å². The van der Waals surface area contributed by atoms with Crippen molar-refractivity contribution >= 4 is 17.3 Å². The van der Waals surface area contributed by atoms with Crippen molar-refractivity contribution in [2.24, 2.45) is 5.92 Å². The molecule has 3 rings (SSSR count). The summed E-state index contributed by atoms with van der Waals surface area (Å²) >= 11 is 0. The molecule has 2 N–H and O–H groups in total. The zero-order valence-corrected chi connectivity index (χ0v) is 12.9. The summed E-state index contributed by atoms with van der Waals surface area (Å²) in [5.41, 5.74) is 2.88. The van der Waals surface area contributed by atoms with Gasteiger partial charge >= 0.3 is 0 Å². The first-order chi connectivity index (χ1) is 10.7. The molecule has 1 aromatic carbocycles. The number of benzene rings is 1. The molecule has 0 saturated carbocycles. The number of nitrogens with one attached hydrogen (secondary N) is 2. The van der Waals surface area contributed by atoms with Gasteiger partial charge in [0, 0.05) is 36.4 Å². The van der Waals surface area contributed by atoms with Gasteiger partial charge in [-0.3, -0.25) is 4.79 Å². The number of hydrogen-bond acceptors (Lipinski definition) is 3. The number of imidazole rings is 1. The molecule has 0 radical (unpaired) electrons. The van der Waals surface area contributed by atoms with Crippen molar-refractivity contribution in [2.75, 3.05) is 23.3 Å². The highest BCUT2D eigenvalue weighted by molar-refractivity contribution is 5.92. The van der Waals surface area contributed by atoms with Crippen LogP contribution >= 0.6 is 0 Å². The molecule has 0 atom stereocenters. The van der Waals surface area contributed by atoms with Gasteiger partial charge in [-0.05, 0) is 43.0 Å². The van der Waals surface area contributed by atoms with E-state index in [1.165, 1.54) is 18.5 Å². The molecule has 5 nitrogen and oxygen atoms in total. The second kappa shape index (κ2) is 6.64. The standard InChI is InChI=1S/C17H22N4O/c1-13-6-8-21(9-7-13)16-4-2-14(3-5-16)20-17(22)10-15-11-18-12-19-15/h2-5,11-13H,6-10H2,1H3,(H,18,19)(H,20,22). The molecule has 116 valence electrons. The molecule has 5 heteroatoms. The van der Waals surface area contributed by atoms with E-state index in [9.17, 15) is 4.79 Å². The molecule has 0 bridgehead atoms. The molecule has 1 fully saturated rings. The predicted molar refractivity (Wildman–Crippen MR) is 88.0 cm³/mol. The second-order valence-corrected chi connectivity index (χ2v) is 6.02. The zero-order chi connectivity index (χ0) is 15.4. The highest BCUT2D eigenvalue weighted by atomic mass is 16.1. The van der Waals surface area contributed by atoms with Crippen molar-refractivity contribution in [1.82, 2.24) is 9.97 Å². The number of amides is 1. The number of piperidine rings is 1. The third-order valence-electron chi connectivity index (χ3n) is 4.21. The van der Waals surface area contributed by atoms with E-state index in [0.29, 0.717) is 6.42 Å². The average molecular weight is 298 g/mol. The Morgan fingerprint density at radius 2 is 2.05 bits per heavy atom. The molecule has 1 saturated heterocycles. The second-order valence-electron chi connectivity index (χ2n) is 6.02.